The number of unbranched alkanes of at least 4 members (excludes halogenated alkanes) is 1. The Morgan fingerprint density at radius 2 is 1.83 bits per heavy atom. The predicted octanol–water partition coefficient (Wildman–Crippen LogP) is 3.23. The molecule has 1 aromatic carbocycles. The average molecular weight is 288 g/mol. The summed E-state index contributed by atoms with van der Waals surface area (Å²) in [7, 11) is -3.58. The number of hydrogen-bond donors (Lipinski definition) is 0. The smallest absolute Gasteiger partial charge is 0.266 e. The molecule has 0 amide bonds. The van der Waals surface area contributed by atoms with Crippen LogP contribution in [0.3, 0.4) is 0 Å². The standard InChI is InChI=1S/C13H20O3S2/c1-3-17-11-5-4-10-16-18(14,15)13-8-6-12(2)7-9-13/h6-9H,3-5,10-11H2,1-2H3. The molecule has 0 bridgehead atoms. The van der Waals surface area contributed by atoms with Crippen molar-refractivity contribution in [3.05, 3.63) is 29.8 Å². The van der Waals surface area contributed by atoms with E-state index in [9.17, 15) is 8.42 Å². The second kappa shape index (κ2) is 7.81. The fourth-order valence-electron chi connectivity index (χ4n) is 1.39. The average Bonchev–Trinajstić information content (AvgIpc) is 2.34. The fourth-order valence-corrected chi connectivity index (χ4v) is 3.03. The highest BCUT2D eigenvalue weighted by Gasteiger charge is 2.13. The van der Waals surface area contributed by atoms with Crippen molar-refractivity contribution in [1.82, 2.24) is 0 Å². The Morgan fingerprint density at radius 1 is 1.17 bits per heavy atom. The Balaban J connectivity index is 2.38. The van der Waals surface area contributed by atoms with E-state index in [1.165, 1.54) is 0 Å². The molecule has 3 nitrogen and oxygen atoms in total. The van der Waals surface area contributed by atoms with Gasteiger partial charge in [-0.2, -0.15) is 20.2 Å². The molecule has 0 saturated carbocycles. The van der Waals surface area contributed by atoms with Crippen molar-refractivity contribution < 1.29 is 12.6 Å². The maximum Gasteiger partial charge on any atom is 0.296 e. The van der Waals surface area contributed by atoms with Gasteiger partial charge in [-0.25, -0.2) is 0 Å². The first kappa shape index (κ1) is 15.5. The first-order valence-corrected chi connectivity index (χ1v) is 8.66. The molecule has 18 heavy (non-hydrogen) atoms. The molecule has 5 heteroatoms. The van der Waals surface area contributed by atoms with Crippen molar-refractivity contribution in [2.45, 2.75) is 31.6 Å². The van der Waals surface area contributed by atoms with Crippen LogP contribution in [0.15, 0.2) is 29.2 Å². The lowest BCUT2D eigenvalue weighted by Gasteiger charge is -2.05. The number of benzene rings is 1. The van der Waals surface area contributed by atoms with Crippen LogP contribution >= 0.6 is 11.8 Å². The molecule has 0 aromatic heterocycles. The SMILES string of the molecule is CCSCCCCOS(=O)(=O)c1ccc(C)cc1. The molecule has 1 rings (SSSR count). The lowest BCUT2D eigenvalue weighted by atomic mass is 10.2. The number of hydrogen-bond acceptors (Lipinski definition) is 4. The lowest BCUT2D eigenvalue weighted by molar-refractivity contribution is 0.311. The molecule has 0 N–H and O–H groups in total. The van der Waals surface area contributed by atoms with Crippen LogP contribution < -0.4 is 0 Å². The highest BCUT2D eigenvalue weighted by atomic mass is 32.2. The van der Waals surface area contributed by atoms with Crippen molar-refractivity contribution in [3.63, 3.8) is 0 Å². The van der Waals surface area contributed by atoms with Gasteiger partial charge in [0.2, 0.25) is 0 Å². The van der Waals surface area contributed by atoms with Crippen LogP contribution in [0.4, 0.5) is 0 Å². The number of rotatable bonds is 8. The van der Waals surface area contributed by atoms with E-state index in [0.29, 0.717) is 0 Å². The quantitative estimate of drug-likeness (QED) is 0.544. The van der Waals surface area contributed by atoms with Crippen molar-refractivity contribution in [2.24, 2.45) is 0 Å². The Hall–Kier alpha value is -0.520. The van der Waals surface area contributed by atoms with Crippen LogP contribution in [0, 0.1) is 6.92 Å². The van der Waals surface area contributed by atoms with E-state index in [-0.39, 0.29) is 11.5 Å². The highest BCUT2D eigenvalue weighted by Crippen LogP contribution is 2.14. The van der Waals surface area contributed by atoms with Crippen molar-refractivity contribution >= 4 is 21.9 Å². The van der Waals surface area contributed by atoms with Crippen LogP contribution in [0.5, 0.6) is 0 Å². The van der Waals surface area contributed by atoms with Gasteiger partial charge in [0.05, 0.1) is 11.5 Å². The summed E-state index contributed by atoms with van der Waals surface area (Å²) in [5.74, 6) is 2.16. The summed E-state index contributed by atoms with van der Waals surface area (Å²) in [6.45, 7) is 4.30. The van der Waals surface area contributed by atoms with E-state index in [1.54, 1.807) is 24.3 Å². The maximum atomic E-state index is 11.8. The third kappa shape index (κ3) is 5.42. The van der Waals surface area contributed by atoms with E-state index in [2.05, 4.69) is 6.92 Å². The van der Waals surface area contributed by atoms with Gasteiger partial charge >= 0.3 is 0 Å². The molecule has 0 saturated heterocycles. The third-order valence-corrected chi connectivity index (χ3v) is 4.75. The second-order valence-corrected chi connectivity index (χ2v) is 7.00. The Labute approximate surface area is 114 Å². The molecular weight excluding hydrogens is 268 g/mol. The number of thioether (sulfide) groups is 1. The van der Waals surface area contributed by atoms with Crippen molar-refractivity contribution in [2.75, 3.05) is 18.1 Å². The minimum atomic E-state index is -3.58. The highest BCUT2D eigenvalue weighted by molar-refractivity contribution is 7.99. The second-order valence-electron chi connectivity index (χ2n) is 3.99. The van der Waals surface area contributed by atoms with Crippen LogP contribution in [-0.2, 0) is 14.3 Å². The molecule has 0 aliphatic carbocycles. The van der Waals surface area contributed by atoms with Crippen molar-refractivity contribution in [1.29, 1.82) is 0 Å². The first-order valence-electron chi connectivity index (χ1n) is 6.10. The summed E-state index contributed by atoms with van der Waals surface area (Å²) in [4.78, 5) is 0.232. The summed E-state index contributed by atoms with van der Waals surface area (Å²) in [5, 5.41) is 0. The molecule has 0 unspecified atom stereocenters. The number of aryl methyl sites for hydroxylation is 1. The maximum absolute atomic E-state index is 11.8. The molecule has 0 spiro atoms. The van der Waals surface area contributed by atoms with Gasteiger partial charge in [0.15, 0.2) is 0 Å². The van der Waals surface area contributed by atoms with E-state index in [0.717, 1.165) is 29.9 Å². The van der Waals surface area contributed by atoms with Crippen LogP contribution in [-0.4, -0.2) is 26.5 Å². The summed E-state index contributed by atoms with van der Waals surface area (Å²) in [5.41, 5.74) is 1.03. The summed E-state index contributed by atoms with van der Waals surface area (Å²) >= 11 is 1.86. The van der Waals surface area contributed by atoms with Gasteiger partial charge < -0.3 is 0 Å². The van der Waals surface area contributed by atoms with E-state index in [4.69, 9.17) is 4.18 Å². The van der Waals surface area contributed by atoms with Gasteiger partial charge in [-0.15, -0.1) is 0 Å². The summed E-state index contributed by atoms with van der Waals surface area (Å²) < 4.78 is 28.6. The Kier molecular flexibility index (Phi) is 6.75. The largest absolute Gasteiger partial charge is 0.296 e. The van der Waals surface area contributed by atoms with Crippen molar-refractivity contribution in [3.8, 4) is 0 Å². The molecule has 0 aliphatic rings. The van der Waals surface area contributed by atoms with Gasteiger partial charge in [-0.05, 0) is 43.4 Å². The zero-order valence-electron chi connectivity index (χ0n) is 10.9. The van der Waals surface area contributed by atoms with E-state index < -0.39 is 10.1 Å². The third-order valence-electron chi connectivity index (χ3n) is 2.44. The van der Waals surface area contributed by atoms with Gasteiger partial charge in [-0.3, -0.25) is 4.18 Å². The molecular formula is C13H20O3S2. The summed E-state index contributed by atoms with van der Waals surface area (Å²) in [6.07, 6.45) is 1.76. The lowest BCUT2D eigenvalue weighted by Crippen LogP contribution is -2.07. The van der Waals surface area contributed by atoms with Gasteiger partial charge in [0, 0.05) is 0 Å². The summed E-state index contributed by atoms with van der Waals surface area (Å²) in [6, 6.07) is 6.71. The van der Waals surface area contributed by atoms with E-state index >= 15 is 0 Å². The zero-order valence-corrected chi connectivity index (χ0v) is 12.5. The first-order chi connectivity index (χ1) is 8.56. The molecule has 1 aromatic rings. The minimum Gasteiger partial charge on any atom is -0.266 e. The molecule has 0 aliphatic heterocycles. The van der Waals surface area contributed by atoms with Gasteiger partial charge in [-0.1, -0.05) is 24.6 Å². The van der Waals surface area contributed by atoms with Crippen LogP contribution in [0.1, 0.15) is 25.3 Å². The zero-order chi connectivity index (χ0) is 13.4. The molecule has 0 radical (unpaired) electrons. The minimum absolute atomic E-state index is 0.232. The topological polar surface area (TPSA) is 43.4 Å². The monoisotopic (exact) mass is 288 g/mol. The van der Waals surface area contributed by atoms with E-state index in [1.807, 2.05) is 18.7 Å². The van der Waals surface area contributed by atoms with Gasteiger partial charge in [0.1, 0.15) is 0 Å². The Morgan fingerprint density at radius 3 is 2.44 bits per heavy atom. The molecule has 0 atom stereocenters. The predicted molar refractivity (Wildman–Crippen MR) is 76.5 cm³/mol. The van der Waals surface area contributed by atoms with Crippen LogP contribution in [0.2, 0.25) is 0 Å². The van der Waals surface area contributed by atoms with Crippen LogP contribution in [0.25, 0.3) is 0 Å². The molecule has 0 heterocycles. The normalized spacial score (nSPS) is 11.7. The Bertz CT molecular complexity index is 438. The molecule has 102 valence electrons. The molecule has 0 fully saturated rings. The van der Waals surface area contributed by atoms with Gasteiger partial charge in [0.25, 0.3) is 10.1 Å². The fraction of sp³-hybridized carbons (Fsp3) is 0.538.